The number of amides is 1. The highest BCUT2D eigenvalue weighted by Crippen LogP contribution is 2.30. The van der Waals surface area contributed by atoms with Crippen LogP contribution in [0, 0.1) is 5.41 Å². The first-order valence-corrected chi connectivity index (χ1v) is 9.23. The summed E-state index contributed by atoms with van der Waals surface area (Å²) in [6, 6.07) is 5.19. The van der Waals surface area contributed by atoms with Gasteiger partial charge in [0.2, 0.25) is 5.91 Å². The molecule has 1 aromatic heterocycles. The minimum Gasteiger partial charge on any atom is -0.441 e. The number of aromatic nitrogens is 1. The van der Waals surface area contributed by atoms with Gasteiger partial charge in [0.05, 0.1) is 11.2 Å². The standard InChI is InChI=1S/C19H25Cl2N3O2/c1-19(2,12-24(3)4)11-23-17(25)7-8-18-22-10-16(26-18)14-6-5-13(20)9-15(14)21/h5-6,9-10H,7-8,11-12H2,1-4H3,(H,23,25). The molecule has 2 aromatic rings. The maximum absolute atomic E-state index is 12.1. The molecule has 0 fully saturated rings. The third-order valence-corrected chi connectivity index (χ3v) is 4.37. The highest BCUT2D eigenvalue weighted by Gasteiger charge is 2.20. The van der Waals surface area contributed by atoms with Crippen LogP contribution >= 0.6 is 23.2 Å². The molecule has 1 amide bonds. The van der Waals surface area contributed by atoms with Gasteiger partial charge in [0.15, 0.2) is 11.7 Å². The third-order valence-electron chi connectivity index (χ3n) is 3.82. The molecule has 1 heterocycles. The fourth-order valence-electron chi connectivity index (χ4n) is 2.80. The van der Waals surface area contributed by atoms with Crippen molar-refractivity contribution in [3.63, 3.8) is 0 Å². The van der Waals surface area contributed by atoms with Crippen molar-refractivity contribution in [3.8, 4) is 11.3 Å². The van der Waals surface area contributed by atoms with Crippen LogP contribution in [0.2, 0.25) is 10.0 Å². The Labute approximate surface area is 164 Å². The summed E-state index contributed by atoms with van der Waals surface area (Å²) in [6.45, 7) is 5.78. The zero-order valence-electron chi connectivity index (χ0n) is 15.6. The van der Waals surface area contributed by atoms with Crippen LogP contribution in [-0.4, -0.2) is 43.0 Å². The Morgan fingerprint density at radius 2 is 2.04 bits per heavy atom. The molecule has 0 saturated heterocycles. The Bertz CT molecular complexity index is 757. The number of nitrogens with one attached hydrogen (secondary N) is 1. The van der Waals surface area contributed by atoms with Crippen molar-refractivity contribution in [2.45, 2.75) is 26.7 Å². The first-order chi connectivity index (χ1) is 12.2. The molecule has 1 aromatic carbocycles. The van der Waals surface area contributed by atoms with Crippen LogP contribution in [0.5, 0.6) is 0 Å². The molecule has 0 atom stereocenters. The van der Waals surface area contributed by atoms with E-state index in [4.69, 9.17) is 27.6 Å². The molecule has 7 heteroatoms. The van der Waals surface area contributed by atoms with Crippen molar-refractivity contribution >= 4 is 29.1 Å². The van der Waals surface area contributed by atoms with Crippen LogP contribution in [-0.2, 0) is 11.2 Å². The Balaban J connectivity index is 1.87. The van der Waals surface area contributed by atoms with E-state index < -0.39 is 0 Å². The van der Waals surface area contributed by atoms with Gasteiger partial charge in [0.25, 0.3) is 0 Å². The van der Waals surface area contributed by atoms with E-state index in [2.05, 4.69) is 29.0 Å². The van der Waals surface area contributed by atoms with Crippen molar-refractivity contribution in [2.24, 2.45) is 5.41 Å². The van der Waals surface area contributed by atoms with Crippen LogP contribution in [0.4, 0.5) is 0 Å². The monoisotopic (exact) mass is 397 g/mol. The van der Waals surface area contributed by atoms with Crippen LogP contribution in [0.1, 0.15) is 26.2 Å². The lowest BCUT2D eigenvalue weighted by Crippen LogP contribution is -2.40. The summed E-state index contributed by atoms with van der Waals surface area (Å²) >= 11 is 12.1. The molecular formula is C19H25Cl2N3O2. The Morgan fingerprint density at radius 1 is 1.31 bits per heavy atom. The van der Waals surface area contributed by atoms with Gasteiger partial charge in [-0.1, -0.05) is 37.0 Å². The molecule has 0 aliphatic carbocycles. The topological polar surface area (TPSA) is 58.4 Å². The molecule has 0 bridgehead atoms. The van der Waals surface area contributed by atoms with Crippen LogP contribution in [0.25, 0.3) is 11.3 Å². The summed E-state index contributed by atoms with van der Waals surface area (Å²) in [5.41, 5.74) is 0.741. The molecule has 0 spiro atoms. The second-order valence-electron chi connectivity index (χ2n) is 7.42. The van der Waals surface area contributed by atoms with Crippen LogP contribution in [0.15, 0.2) is 28.8 Å². The highest BCUT2D eigenvalue weighted by atomic mass is 35.5. The van der Waals surface area contributed by atoms with E-state index >= 15 is 0 Å². The van der Waals surface area contributed by atoms with Gasteiger partial charge >= 0.3 is 0 Å². The van der Waals surface area contributed by atoms with Crippen LogP contribution in [0.3, 0.4) is 0 Å². The number of benzene rings is 1. The zero-order chi connectivity index (χ0) is 19.3. The van der Waals surface area contributed by atoms with Crippen molar-refractivity contribution in [1.82, 2.24) is 15.2 Å². The number of nitrogens with zero attached hydrogens (tertiary/aromatic N) is 2. The number of hydrogen-bond donors (Lipinski definition) is 1. The van der Waals surface area contributed by atoms with E-state index in [1.807, 2.05) is 14.1 Å². The third kappa shape index (κ3) is 6.31. The van der Waals surface area contributed by atoms with Gasteiger partial charge in [-0.2, -0.15) is 0 Å². The molecule has 0 aliphatic rings. The maximum atomic E-state index is 12.1. The number of aryl methyl sites for hydroxylation is 1. The van der Waals surface area contributed by atoms with Crippen molar-refractivity contribution in [2.75, 3.05) is 27.2 Å². The van der Waals surface area contributed by atoms with Gasteiger partial charge in [-0.25, -0.2) is 4.98 Å². The van der Waals surface area contributed by atoms with Crippen molar-refractivity contribution in [3.05, 3.63) is 40.3 Å². The first-order valence-electron chi connectivity index (χ1n) is 8.48. The molecule has 0 aliphatic heterocycles. The Kier molecular flexibility index (Phi) is 7.09. The molecule has 0 radical (unpaired) electrons. The summed E-state index contributed by atoms with van der Waals surface area (Å²) in [5, 5.41) is 4.04. The number of rotatable bonds is 8. The predicted molar refractivity (Wildman–Crippen MR) is 106 cm³/mol. The van der Waals surface area contributed by atoms with Gasteiger partial charge in [-0.05, 0) is 37.7 Å². The molecule has 5 nitrogen and oxygen atoms in total. The summed E-state index contributed by atoms with van der Waals surface area (Å²) in [6.07, 6.45) is 2.38. The largest absolute Gasteiger partial charge is 0.441 e. The quantitative estimate of drug-likeness (QED) is 0.721. The fourth-order valence-corrected chi connectivity index (χ4v) is 3.30. The molecule has 1 N–H and O–H groups in total. The van der Waals surface area contributed by atoms with Gasteiger partial charge < -0.3 is 14.6 Å². The van der Waals surface area contributed by atoms with E-state index in [0.29, 0.717) is 41.1 Å². The SMILES string of the molecule is CN(C)CC(C)(C)CNC(=O)CCc1ncc(-c2ccc(Cl)cc2Cl)o1. The lowest BCUT2D eigenvalue weighted by Gasteiger charge is -2.28. The number of oxazole rings is 1. The average Bonchev–Trinajstić information content (AvgIpc) is 2.98. The molecule has 2 rings (SSSR count). The highest BCUT2D eigenvalue weighted by molar-refractivity contribution is 6.36. The van der Waals surface area contributed by atoms with Gasteiger partial charge in [-0.15, -0.1) is 0 Å². The fraction of sp³-hybridized carbons (Fsp3) is 0.474. The number of carbonyl (C=O) groups excluding carboxylic acids is 1. The maximum Gasteiger partial charge on any atom is 0.220 e. The van der Waals surface area contributed by atoms with Crippen molar-refractivity contribution < 1.29 is 9.21 Å². The lowest BCUT2D eigenvalue weighted by molar-refractivity contribution is -0.121. The van der Waals surface area contributed by atoms with Gasteiger partial charge in [0.1, 0.15) is 0 Å². The number of hydrogen-bond acceptors (Lipinski definition) is 4. The smallest absolute Gasteiger partial charge is 0.220 e. The summed E-state index contributed by atoms with van der Waals surface area (Å²) < 4.78 is 5.71. The average molecular weight is 398 g/mol. The number of carbonyl (C=O) groups is 1. The van der Waals surface area contributed by atoms with Crippen molar-refractivity contribution in [1.29, 1.82) is 0 Å². The zero-order valence-corrected chi connectivity index (χ0v) is 17.1. The molecule has 26 heavy (non-hydrogen) atoms. The minimum atomic E-state index is -0.0129. The number of halogens is 2. The van der Waals surface area contributed by atoms with E-state index in [0.717, 1.165) is 12.1 Å². The summed E-state index contributed by atoms with van der Waals surface area (Å²) in [4.78, 5) is 18.4. The molecule has 0 saturated carbocycles. The van der Waals surface area contributed by atoms with Gasteiger partial charge in [-0.3, -0.25) is 4.79 Å². The molecular weight excluding hydrogens is 373 g/mol. The second kappa shape index (κ2) is 8.89. The van der Waals surface area contributed by atoms with Crippen LogP contribution < -0.4 is 5.32 Å². The predicted octanol–water partition coefficient (Wildman–Crippen LogP) is 4.29. The Hall–Kier alpha value is -1.56. The van der Waals surface area contributed by atoms with E-state index in [9.17, 15) is 4.79 Å². The van der Waals surface area contributed by atoms with E-state index in [-0.39, 0.29) is 11.3 Å². The molecule has 142 valence electrons. The lowest BCUT2D eigenvalue weighted by atomic mass is 9.93. The normalized spacial score (nSPS) is 11.8. The first kappa shape index (κ1) is 20.7. The van der Waals surface area contributed by atoms with E-state index in [1.54, 1.807) is 24.4 Å². The summed E-state index contributed by atoms with van der Waals surface area (Å²) in [5.74, 6) is 1.06. The minimum absolute atomic E-state index is 0.0129. The summed E-state index contributed by atoms with van der Waals surface area (Å²) in [7, 11) is 4.05. The van der Waals surface area contributed by atoms with E-state index in [1.165, 1.54) is 0 Å². The molecule has 0 unspecified atom stereocenters. The second-order valence-corrected chi connectivity index (χ2v) is 8.26. The Morgan fingerprint density at radius 3 is 2.69 bits per heavy atom. The van der Waals surface area contributed by atoms with Gasteiger partial charge in [0, 0.05) is 36.5 Å².